The topological polar surface area (TPSA) is 51.6 Å². The molecule has 30 heavy (non-hydrogen) atoms. The van der Waals surface area contributed by atoms with Crippen LogP contribution >= 0.6 is 0 Å². The van der Waals surface area contributed by atoms with Gasteiger partial charge in [0.2, 0.25) is 0 Å². The van der Waals surface area contributed by atoms with Crippen LogP contribution in [0, 0.1) is 0 Å². The molecule has 7 nitrogen and oxygen atoms in total. The first kappa shape index (κ1) is 21.3. The molecule has 2 aromatic heterocycles. The minimum absolute atomic E-state index is 0.599. The summed E-state index contributed by atoms with van der Waals surface area (Å²) in [4.78, 5) is 23.5. The molecular weight excluding hydrogens is 374 g/mol. The molecule has 0 radical (unpaired) electrons. The Morgan fingerprint density at radius 1 is 0.867 bits per heavy atom. The van der Waals surface area contributed by atoms with E-state index in [1.165, 1.54) is 12.1 Å². The van der Waals surface area contributed by atoms with Gasteiger partial charge in [0.05, 0.1) is 12.2 Å². The molecule has 0 N–H and O–H groups in total. The van der Waals surface area contributed by atoms with Crippen LogP contribution in [0.25, 0.3) is 0 Å². The molecule has 2 aromatic rings. The monoisotopic (exact) mass is 409 g/mol. The highest BCUT2D eigenvalue weighted by Gasteiger charge is 2.29. The first-order valence-corrected chi connectivity index (χ1v) is 11.2. The van der Waals surface area contributed by atoms with Gasteiger partial charge in [-0.3, -0.25) is 19.7 Å². The van der Waals surface area contributed by atoms with Crippen LogP contribution in [-0.2, 0) is 13.1 Å². The van der Waals surface area contributed by atoms with Crippen LogP contribution in [0.1, 0.15) is 24.9 Å². The highest BCUT2D eigenvalue weighted by Crippen LogP contribution is 2.19. The molecule has 2 aliphatic heterocycles. The molecule has 2 unspecified atom stereocenters. The van der Waals surface area contributed by atoms with Crippen molar-refractivity contribution in [2.75, 3.05) is 52.9 Å². The molecule has 0 aliphatic carbocycles. The van der Waals surface area contributed by atoms with E-state index in [1.807, 2.05) is 30.7 Å². The highest BCUT2D eigenvalue weighted by atomic mass is 15.3. The van der Waals surface area contributed by atoms with Crippen LogP contribution < -0.4 is 0 Å². The van der Waals surface area contributed by atoms with Gasteiger partial charge in [0.1, 0.15) is 5.82 Å². The van der Waals surface area contributed by atoms with Crippen LogP contribution in [0.2, 0.25) is 0 Å². The summed E-state index contributed by atoms with van der Waals surface area (Å²) in [5.41, 5.74) is 1.17. The minimum Gasteiger partial charge on any atom is -0.301 e. The molecule has 0 bridgehead atoms. The van der Waals surface area contributed by atoms with Crippen molar-refractivity contribution < 1.29 is 0 Å². The van der Waals surface area contributed by atoms with Crippen molar-refractivity contribution in [3.05, 3.63) is 54.4 Å². The Morgan fingerprint density at radius 3 is 2.33 bits per heavy atom. The quantitative estimate of drug-likeness (QED) is 0.688. The molecule has 0 spiro atoms. The van der Waals surface area contributed by atoms with Gasteiger partial charge in [0, 0.05) is 83.0 Å². The summed E-state index contributed by atoms with van der Waals surface area (Å²) in [6, 6.07) is 9.29. The van der Waals surface area contributed by atoms with Gasteiger partial charge in [-0.15, -0.1) is 0 Å². The van der Waals surface area contributed by atoms with Gasteiger partial charge in [-0.05, 0) is 38.6 Å². The normalized spacial score (nSPS) is 23.5. The lowest BCUT2D eigenvalue weighted by Crippen LogP contribution is -2.55. The van der Waals surface area contributed by atoms with Crippen molar-refractivity contribution >= 4 is 0 Å². The third-order valence-electron chi connectivity index (χ3n) is 6.60. The van der Waals surface area contributed by atoms with Crippen molar-refractivity contribution in [3.8, 4) is 0 Å². The van der Waals surface area contributed by atoms with Crippen LogP contribution in [0.4, 0.5) is 0 Å². The maximum Gasteiger partial charge on any atom is 0.142 e. The van der Waals surface area contributed by atoms with Crippen LogP contribution in [0.3, 0.4) is 0 Å². The molecule has 0 amide bonds. The number of hydrogen-bond acceptors (Lipinski definition) is 7. The van der Waals surface area contributed by atoms with Gasteiger partial charge < -0.3 is 4.90 Å². The molecule has 2 fully saturated rings. The van der Waals surface area contributed by atoms with Gasteiger partial charge in [-0.1, -0.05) is 6.07 Å². The molecule has 4 rings (SSSR count). The Kier molecular flexibility index (Phi) is 7.38. The summed E-state index contributed by atoms with van der Waals surface area (Å²) in [5.74, 6) is 0.927. The molecule has 4 heterocycles. The number of piperazine rings is 2. The maximum atomic E-state index is 4.51. The Hall–Kier alpha value is -1.93. The molecule has 2 aliphatic rings. The second kappa shape index (κ2) is 10.4. The van der Waals surface area contributed by atoms with Gasteiger partial charge in [0.25, 0.3) is 0 Å². The number of hydrogen-bond donors (Lipinski definition) is 0. The summed E-state index contributed by atoms with van der Waals surface area (Å²) < 4.78 is 0. The van der Waals surface area contributed by atoms with Crippen molar-refractivity contribution in [1.29, 1.82) is 0 Å². The van der Waals surface area contributed by atoms with Gasteiger partial charge in [-0.25, -0.2) is 9.97 Å². The lowest BCUT2D eigenvalue weighted by molar-refractivity contribution is 0.0468. The molecule has 2 atom stereocenters. The molecular formula is C23H35N7. The Morgan fingerprint density at radius 2 is 1.60 bits per heavy atom. The van der Waals surface area contributed by atoms with Crippen molar-refractivity contribution in [2.45, 2.75) is 38.5 Å². The third-order valence-corrected chi connectivity index (χ3v) is 6.60. The summed E-state index contributed by atoms with van der Waals surface area (Å²) in [5, 5.41) is 0. The van der Waals surface area contributed by atoms with Crippen molar-refractivity contribution in [2.24, 2.45) is 0 Å². The second-order valence-corrected chi connectivity index (χ2v) is 8.75. The number of pyridine rings is 1. The summed E-state index contributed by atoms with van der Waals surface area (Å²) in [6.07, 6.45) is 6.78. The van der Waals surface area contributed by atoms with Crippen LogP contribution in [0.15, 0.2) is 42.9 Å². The number of aromatic nitrogens is 3. The minimum atomic E-state index is 0.599. The average molecular weight is 410 g/mol. The lowest BCUT2D eigenvalue weighted by Gasteiger charge is -2.43. The van der Waals surface area contributed by atoms with E-state index in [-0.39, 0.29) is 0 Å². The van der Waals surface area contributed by atoms with Crippen LogP contribution in [0.5, 0.6) is 0 Å². The molecule has 0 aromatic carbocycles. The van der Waals surface area contributed by atoms with E-state index in [2.05, 4.69) is 60.7 Å². The van der Waals surface area contributed by atoms with Gasteiger partial charge >= 0.3 is 0 Å². The first-order chi connectivity index (χ1) is 14.7. The molecule has 0 saturated carbocycles. The SMILES string of the molecule is CC(CC1CN(Cc2ccccn2)CCN1C)N1CCN(Cc2ncccn2)CC1. The lowest BCUT2D eigenvalue weighted by atomic mass is 10.0. The van der Waals surface area contributed by atoms with E-state index in [4.69, 9.17) is 0 Å². The second-order valence-electron chi connectivity index (χ2n) is 8.75. The Labute approximate surface area is 180 Å². The molecule has 162 valence electrons. The zero-order chi connectivity index (χ0) is 20.8. The fourth-order valence-corrected chi connectivity index (χ4v) is 4.65. The fourth-order valence-electron chi connectivity index (χ4n) is 4.65. The number of likely N-dealkylation sites (N-methyl/N-ethyl adjacent to an activating group) is 1. The Balaban J connectivity index is 1.24. The summed E-state index contributed by atoms with van der Waals surface area (Å²) >= 11 is 0. The largest absolute Gasteiger partial charge is 0.301 e. The zero-order valence-electron chi connectivity index (χ0n) is 18.4. The number of nitrogens with zero attached hydrogens (tertiary/aromatic N) is 7. The van der Waals surface area contributed by atoms with Gasteiger partial charge in [0.15, 0.2) is 0 Å². The van der Waals surface area contributed by atoms with E-state index in [9.17, 15) is 0 Å². The highest BCUT2D eigenvalue weighted by molar-refractivity contribution is 5.03. The summed E-state index contributed by atoms with van der Waals surface area (Å²) in [6.45, 7) is 12.0. The molecule has 2 saturated heterocycles. The zero-order valence-corrected chi connectivity index (χ0v) is 18.4. The van der Waals surface area contributed by atoms with E-state index >= 15 is 0 Å². The number of rotatable bonds is 7. The van der Waals surface area contributed by atoms with E-state index < -0.39 is 0 Å². The van der Waals surface area contributed by atoms with Gasteiger partial charge in [-0.2, -0.15) is 0 Å². The predicted octanol–water partition coefficient (Wildman–Crippen LogP) is 1.58. The predicted molar refractivity (Wildman–Crippen MR) is 119 cm³/mol. The summed E-state index contributed by atoms with van der Waals surface area (Å²) in [7, 11) is 2.29. The smallest absolute Gasteiger partial charge is 0.142 e. The van der Waals surface area contributed by atoms with Crippen molar-refractivity contribution in [3.63, 3.8) is 0 Å². The van der Waals surface area contributed by atoms with Crippen LogP contribution in [-0.4, -0.2) is 99.5 Å². The van der Waals surface area contributed by atoms with E-state index in [0.29, 0.717) is 12.1 Å². The van der Waals surface area contributed by atoms with E-state index in [1.54, 1.807) is 0 Å². The fraction of sp³-hybridized carbons (Fsp3) is 0.609. The standard InChI is InChI=1S/C23H35N7/c1-20(30-14-12-28(13-15-30)19-23-25-8-5-9-26-23)16-22-18-29(11-10-27(22)2)17-21-6-3-4-7-24-21/h3-9,20,22H,10-19H2,1-2H3. The van der Waals surface area contributed by atoms with E-state index in [0.717, 1.165) is 64.7 Å². The first-order valence-electron chi connectivity index (χ1n) is 11.2. The maximum absolute atomic E-state index is 4.51. The molecule has 7 heteroatoms. The van der Waals surface area contributed by atoms with Crippen molar-refractivity contribution in [1.82, 2.24) is 34.6 Å². The Bertz CT molecular complexity index is 749. The third kappa shape index (κ3) is 5.82. The average Bonchev–Trinajstić information content (AvgIpc) is 2.78.